The summed E-state index contributed by atoms with van der Waals surface area (Å²) < 4.78 is 11.6. The highest BCUT2D eigenvalue weighted by molar-refractivity contribution is 5.80. The quantitative estimate of drug-likeness (QED) is 0.648. The normalized spacial score (nSPS) is 12.5. The topological polar surface area (TPSA) is 47.6 Å². The van der Waals surface area contributed by atoms with Crippen LogP contribution in [0.2, 0.25) is 0 Å². The molecule has 2 aromatic carbocycles. The van der Waals surface area contributed by atoms with Crippen LogP contribution in [-0.2, 0) is 10.2 Å². The SMILES string of the molecule is CC(C)c1ccccc1O[C@@H](C)C(=O)NCCOc1ccc(C(C)(C)C)cc1. The van der Waals surface area contributed by atoms with Crippen LogP contribution < -0.4 is 14.8 Å². The summed E-state index contributed by atoms with van der Waals surface area (Å²) in [6.07, 6.45) is -0.564. The molecule has 152 valence electrons. The summed E-state index contributed by atoms with van der Waals surface area (Å²) in [7, 11) is 0. The van der Waals surface area contributed by atoms with Gasteiger partial charge in [-0.15, -0.1) is 0 Å². The van der Waals surface area contributed by atoms with Crippen LogP contribution in [0.15, 0.2) is 48.5 Å². The molecule has 0 saturated heterocycles. The molecule has 1 atom stereocenters. The third-order valence-corrected chi connectivity index (χ3v) is 4.60. The van der Waals surface area contributed by atoms with E-state index in [2.05, 4.69) is 52.1 Å². The van der Waals surface area contributed by atoms with Gasteiger partial charge in [-0.25, -0.2) is 0 Å². The highest BCUT2D eigenvalue weighted by atomic mass is 16.5. The zero-order valence-corrected chi connectivity index (χ0v) is 17.9. The van der Waals surface area contributed by atoms with Gasteiger partial charge in [-0.3, -0.25) is 4.79 Å². The van der Waals surface area contributed by atoms with Gasteiger partial charge in [-0.1, -0.05) is 65.0 Å². The molecule has 0 unspecified atom stereocenters. The Morgan fingerprint density at radius 2 is 1.64 bits per heavy atom. The number of carbonyl (C=O) groups excluding carboxylic acids is 1. The van der Waals surface area contributed by atoms with Crippen LogP contribution in [-0.4, -0.2) is 25.2 Å². The average Bonchev–Trinajstić information content (AvgIpc) is 2.65. The first kappa shape index (κ1) is 21.8. The van der Waals surface area contributed by atoms with Crippen molar-refractivity contribution in [3.8, 4) is 11.5 Å². The van der Waals surface area contributed by atoms with Crippen LogP contribution in [0.25, 0.3) is 0 Å². The molecule has 4 heteroatoms. The second-order valence-electron chi connectivity index (χ2n) is 8.37. The van der Waals surface area contributed by atoms with E-state index < -0.39 is 6.10 Å². The van der Waals surface area contributed by atoms with Crippen molar-refractivity contribution in [3.05, 3.63) is 59.7 Å². The molecule has 4 nitrogen and oxygen atoms in total. The predicted octanol–water partition coefficient (Wildman–Crippen LogP) is 5.07. The summed E-state index contributed by atoms with van der Waals surface area (Å²) in [6, 6.07) is 15.9. The van der Waals surface area contributed by atoms with Crippen molar-refractivity contribution >= 4 is 5.91 Å². The lowest BCUT2D eigenvalue weighted by atomic mass is 9.87. The summed E-state index contributed by atoms with van der Waals surface area (Å²) in [4.78, 5) is 12.3. The van der Waals surface area contributed by atoms with Gasteiger partial charge in [0.15, 0.2) is 6.10 Å². The Kier molecular flexibility index (Phi) is 7.50. The van der Waals surface area contributed by atoms with E-state index >= 15 is 0 Å². The summed E-state index contributed by atoms with van der Waals surface area (Å²) in [5, 5.41) is 2.87. The first-order valence-electron chi connectivity index (χ1n) is 9.95. The number of benzene rings is 2. The Hall–Kier alpha value is -2.49. The number of para-hydroxylation sites is 1. The fraction of sp³-hybridized carbons (Fsp3) is 0.458. The molecule has 0 fully saturated rings. The Morgan fingerprint density at radius 1 is 1.00 bits per heavy atom. The molecule has 0 saturated carbocycles. The lowest BCUT2D eigenvalue weighted by molar-refractivity contribution is -0.127. The van der Waals surface area contributed by atoms with Gasteiger partial charge in [0.05, 0.1) is 6.54 Å². The maximum absolute atomic E-state index is 12.3. The number of amides is 1. The smallest absolute Gasteiger partial charge is 0.260 e. The summed E-state index contributed by atoms with van der Waals surface area (Å²) in [5.41, 5.74) is 2.49. The third kappa shape index (κ3) is 6.29. The van der Waals surface area contributed by atoms with Crippen molar-refractivity contribution in [2.24, 2.45) is 0 Å². The molecule has 28 heavy (non-hydrogen) atoms. The maximum Gasteiger partial charge on any atom is 0.260 e. The van der Waals surface area contributed by atoms with Gasteiger partial charge < -0.3 is 14.8 Å². The van der Waals surface area contributed by atoms with Gasteiger partial charge in [0.25, 0.3) is 5.91 Å². The number of ether oxygens (including phenoxy) is 2. The van der Waals surface area contributed by atoms with Crippen molar-refractivity contribution < 1.29 is 14.3 Å². The molecule has 0 aliphatic carbocycles. The fourth-order valence-electron chi connectivity index (χ4n) is 2.85. The van der Waals surface area contributed by atoms with Crippen LogP contribution in [0.4, 0.5) is 0 Å². The Morgan fingerprint density at radius 3 is 2.25 bits per heavy atom. The Bertz CT molecular complexity index is 760. The first-order valence-corrected chi connectivity index (χ1v) is 9.95. The minimum atomic E-state index is -0.564. The third-order valence-electron chi connectivity index (χ3n) is 4.60. The molecule has 0 aliphatic rings. The van der Waals surface area contributed by atoms with E-state index in [0.717, 1.165) is 17.1 Å². The number of nitrogens with one attached hydrogen (secondary N) is 1. The Labute approximate surface area is 169 Å². The van der Waals surface area contributed by atoms with Gasteiger partial charge in [0, 0.05) is 0 Å². The van der Waals surface area contributed by atoms with Gasteiger partial charge in [-0.2, -0.15) is 0 Å². The van der Waals surface area contributed by atoms with Gasteiger partial charge in [-0.05, 0) is 47.6 Å². The zero-order valence-electron chi connectivity index (χ0n) is 17.9. The summed E-state index contributed by atoms with van der Waals surface area (Å²) >= 11 is 0. The van der Waals surface area contributed by atoms with E-state index in [1.807, 2.05) is 36.4 Å². The lowest BCUT2D eigenvalue weighted by Gasteiger charge is -2.19. The summed E-state index contributed by atoms with van der Waals surface area (Å²) in [6.45, 7) is 13.4. The molecular formula is C24H33NO3. The number of hydrogen-bond acceptors (Lipinski definition) is 3. The largest absolute Gasteiger partial charge is 0.492 e. The zero-order chi connectivity index (χ0) is 20.7. The van der Waals surface area contributed by atoms with E-state index in [1.165, 1.54) is 5.56 Å². The van der Waals surface area contributed by atoms with E-state index in [-0.39, 0.29) is 11.3 Å². The van der Waals surface area contributed by atoms with E-state index in [4.69, 9.17) is 9.47 Å². The molecule has 1 N–H and O–H groups in total. The Balaban J connectivity index is 1.78. The second kappa shape index (κ2) is 9.63. The lowest BCUT2D eigenvalue weighted by Crippen LogP contribution is -2.38. The number of hydrogen-bond donors (Lipinski definition) is 1. The van der Waals surface area contributed by atoms with Crippen LogP contribution in [0.1, 0.15) is 58.6 Å². The fourth-order valence-corrected chi connectivity index (χ4v) is 2.85. The molecule has 0 aliphatic heterocycles. The molecule has 1 amide bonds. The first-order chi connectivity index (χ1) is 13.2. The molecule has 0 bridgehead atoms. The molecule has 0 heterocycles. The van der Waals surface area contributed by atoms with Crippen LogP contribution in [0.3, 0.4) is 0 Å². The molecule has 0 radical (unpaired) electrons. The molecule has 2 aromatic rings. The molecule has 0 aromatic heterocycles. The van der Waals surface area contributed by atoms with E-state index in [9.17, 15) is 4.79 Å². The van der Waals surface area contributed by atoms with Gasteiger partial charge in [0.1, 0.15) is 18.1 Å². The van der Waals surface area contributed by atoms with Crippen molar-refractivity contribution in [3.63, 3.8) is 0 Å². The molecule has 2 rings (SSSR count). The van der Waals surface area contributed by atoms with E-state index in [1.54, 1.807) is 6.92 Å². The van der Waals surface area contributed by atoms with E-state index in [0.29, 0.717) is 19.1 Å². The summed E-state index contributed by atoms with van der Waals surface area (Å²) in [5.74, 6) is 1.75. The van der Waals surface area contributed by atoms with Crippen molar-refractivity contribution in [2.75, 3.05) is 13.2 Å². The minimum absolute atomic E-state index is 0.122. The maximum atomic E-state index is 12.3. The molecular weight excluding hydrogens is 350 g/mol. The highest BCUT2D eigenvalue weighted by Crippen LogP contribution is 2.27. The van der Waals surface area contributed by atoms with Crippen molar-refractivity contribution in [1.82, 2.24) is 5.32 Å². The predicted molar refractivity (Wildman–Crippen MR) is 114 cm³/mol. The minimum Gasteiger partial charge on any atom is -0.492 e. The highest BCUT2D eigenvalue weighted by Gasteiger charge is 2.17. The van der Waals surface area contributed by atoms with Gasteiger partial charge in [0.2, 0.25) is 0 Å². The standard InChI is InChI=1S/C24H33NO3/c1-17(2)21-9-7-8-10-22(21)28-18(3)23(26)25-15-16-27-20-13-11-19(12-14-20)24(4,5)6/h7-14,17-18H,15-16H2,1-6H3,(H,25,26)/t18-/m0/s1. The molecule has 0 spiro atoms. The van der Waals surface area contributed by atoms with Crippen LogP contribution >= 0.6 is 0 Å². The second-order valence-corrected chi connectivity index (χ2v) is 8.37. The average molecular weight is 384 g/mol. The van der Waals surface area contributed by atoms with Crippen molar-refractivity contribution in [2.45, 2.75) is 59.0 Å². The monoisotopic (exact) mass is 383 g/mol. The van der Waals surface area contributed by atoms with Crippen LogP contribution in [0.5, 0.6) is 11.5 Å². The number of rotatable bonds is 8. The van der Waals surface area contributed by atoms with Gasteiger partial charge >= 0.3 is 0 Å². The van der Waals surface area contributed by atoms with Crippen molar-refractivity contribution in [1.29, 1.82) is 0 Å². The number of carbonyl (C=O) groups is 1. The van der Waals surface area contributed by atoms with Crippen LogP contribution in [0, 0.1) is 0 Å².